The Morgan fingerprint density at radius 1 is 1.00 bits per heavy atom. The normalized spacial score (nSPS) is 21.2. The third kappa shape index (κ3) is 6.66. The van der Waals surface area contributed by atoms with E-state index in [-0.39, 0.29) is 30.4 Å². The predicted molar refractivity (Wildman–Crippen MR) is 132 cm³/mol. The first-order valence-corrected chi connectivity index (χ1v) is 11.8. The molecule has 1 aromatic carbocycles. The van der Waals surface area contributed by atoms with Crippen LogP contribution < -0.4 is 16.0 Å². The fourth-order valence-corrected chi connectivity index (χ4v) is 3.88. The smallest absolute Gasteiger partial charge is 0.388 e. The number of amides is 2. The van der Waals surface area contributed by atoms with E-state index in [1.807, 2.05) is 0 Å². The molecule has 4 rings (SSSR count). The molecule has 1 aliphatic rings. The van der Waals surface area contributed by atoms with Gasteiger partial charge < -0.3 is 30.9 Å². The van der Waals surface area contributed by atoms with Gasteiger partial charge in [0.05, 0.1) is 36.3 Å². The van der Waals surface area contributed by atoms with Crippen molar-refractivity contribution in [3.05, 3.63) is 71.8 Å². The molecule has 0 aliphatic carbocycles. The summed E-state index contributed by atoms with van der Waals surface area (Å²) in [6.07, 6.45) is -5.53. The molecule has 1 fully saturated rings. The number of aromatic nitrogens is 3. The van der Waals surface area contributed by atoms with Gasteiger partial charge in [0, 0.05) is 30.9 Å². The highest BCUT2D eigenvalue weighted by atomic mass is 19.4. The summed E-state index contributed by atoms with van der Waals surface area (Å²) >= 11 is 0. The van der Waals surface area contributed by atoms with Crippen LogP contribution in [0.3, 0.4) is 0 Å². The number of halogens is 3. The van der Waals surface area contributed by atoms with E-state index in [0.29, 0.717) is 17.5 Å². The lowest BCUT2D eigenvalue weighted by molar-refractivity contribution is -0.141. The van der Waals surface area contributed by atoms with Gasteiger partial charge in [0.2, 0.25) is 0 Å². The molecule has 5 N–H and O–H groups in total. The third-order valence-electron chi connectivity index (χ3n) is 6.05. The van der Waals surface area contributed by atoms with Gasteiger partial charge in [0.1, 0.15) is 24.1 Å². The minimum Gasteiger partial charge on any atom is -0.388 e. The number of ether oxygens (including phenoxy) is 1. The van der Waals surface area contributed by atoms with Gasteiger partial charge in [-0.05, 0) is 24.3 Å². The zero-order valence-electron chi connectivity index (χ0n) is 20.5. The summed E-state index contributed by atoms with van der Waals surface area (Å²) in [6.45, 7) is -0.318. The van der Waals surface area contributed by atoms with Crippen molar-refractivity contribution in [2.24, 2.45) is 0 Å². The molecule has 0 saturated carbocycles. The summed E-state index contributed by atoms with van der Waals surface area (Å²) in [5, 5.41) is 28.7. The lowest BCUT2D eigenvalue weighted by Gasteiger charge is -2.38. The summed E-state index contributed by atoms with van der Waals surface area (Å²) in [6, 6.07) is 9.04. The van der Waals surface area contributed by atoms with E-state index < -0.39 is 42.1 Å². The van der Waals surface area contributed by atoms with Gasteiger partial charge in [-0.1, -0.05) is 12.1 Å². The van der Waals surface area contributed by atoms with Gasteiger partial charge in [0.25, 0.3) is 11.8 Å². The van der Waals surface area contributed by atoms with Crippen LogP contribution in [0.5, 0.6) is 0 Å². The number of rotatable bonds is 7. The number of nitrogens with one attached hydrogen (secondary N) is 3. The van der Waals surface area contributed by atoms with E-state index in [0.717, 1.165) is 11.8 Å². The zero-order valence-corrected chi connectivity index (χ0v) is 20.5. The van der Waals surface area contributed by atoms with E-state index in [4.69, 9.17) is 4.74 Å². The average Bonchev–Trinajstić information content (AvgIpc) is 2.94. The third-order valence-corrected chi connectivity index (χ3v) is 6.05. The number of alkyl halides is 3. The number of anilines is 1. The van der Waals surface area contributed by atoms with Crippen LogP contribution in [-0.2, 0) is 10.9 Å². The molecule has 3 heterocycles. The van der Waals surface area contributed by atoms with Gasteiger partial charge in [-0.3, -0.25) is 19.6 Å². The minimum atomic E-state index is -4.69. The van der Waals surface area contributed by atoms with Gasteiger partial charge in [-0.25, -0.2) is 4.98 Å². The van der Waals surface area contributed by atoms with Crippen LogP contribution in [0.15, 0.2) is 55.0 Å². The van der Waals surface area contributed by atoms with E-state index in [1.54, 1.807) is 43.4 Å². The first kappa shape index (κ1) is 27.9. The van der Waals surface area contributed by atoms with Crippen molar-refractivity contribution in [2.75, 3.05) is 25.5 Å². The molecule has 14 heteroatoms. The van der Waals surface area contributed by atoms with Crippen LogP contribution >= 0.6 is 0 Å². The van der Waals surface area contributed by atoms with Crippen LogP contribution in [0, 0.1) is 0 Å². The van der Waals surface area contributed by atoms with Gasteiger partial charge in [0.15, 0.2) is 5.69 Å². The van der Waals surface area contributed by atoms with E-state index in [9.17, 15) is 33.0 Å². The number of benzene rings is 1. The number of aliphatic hydroxyl groups is 2. The first-order valence-electron chi connectivity index (χ1n) is 11.8. The highest BCUT2D eigenvalue weighted by Crippen LogP contribution is 2.28. The number of pyridine rings is 1. The van der Waals surface area contributed by atoms with Crippen LogP contribution in [0.1, 0.15) is 26.4 Å². The molecule has 2 aromatic heterocycles. The van der Waals surface area contributed by atoms with Gasteiger partial charge >= 0.3 is 6.18 Å². The summed E-state index contributed by atoms with van der Waals surface area (Å²) < 4.78 is 44.1. The average molecular weight is 547 g/mol. The van der Waals surface area contributed by atoms with Crippen molar-refractivity contribution >= 4 is 17.6 Å². The van der Waals surface area contributed by atoms with Crippen molar-refractivity contribution in [2.45, 2.75) is 30.5 Å². The molecule has 2 amide bonds. The molecule has 206 valence electrons. The molecule has 0 radical (unpaired) electrons. The topological polar surface area (TPSA) is 159 Å². The van der Waals surface area contributed by atoms with Crippen molar-refractivity contribution in [3.63, 3.8) is 0 Å². The van der Waals surface area contributed by atoms with Gasteiger partial charge in [-0.2, -0.15) is 13.2 Å². The Morgan fingerprint density at radius 2 is 1.72 bits per heavy atom. The van der Waals surface area contributed by atoms with Crippen molar-refractivity contribution in [3.8, 4) is 11.3 Å². The quantitative estimate of drug-likeness (QED) is 0.294. The zero-order chi connectivity index (χ0) is 28.2. The monoisotopic (exact) mass is 546 g/mol. The molecule has 0 bridgehead atoms. The molecule has 4 atom stereocenters. The highest BCUT2D eigenvalue weighted by molar-refractivity contribution is 5.95. The fourth-order valence-electron chi connectivity index (χ4n) is 3.88. The van der Waals surface area contributed by atoms with Crippen molar-refractivity contribution in [1.82, 2.24) is 25.6 Å². The minimum absolute atomic E-state index is 0.143. The molecular formula is C25H25F3N6O5. The number of carbonyl (C=O) groups excluding carboxylic acids is 2. The van der Waals surface area contributed by atoms with Crippen LogP contribution in [0.4, 0.5) is 19.0 Å². The van der Waals surface area contributed by atoms with Crippen LogP contribution in [0.2, 0.25) is 0 Å². The van der Waals surface area contributed by atoms with Crippen LogP contribution in [0.25, 0.3) is 11.3 Å². The fraction of sp³-hybridized carbons (Fsp3) is 0.320. The molecule has 1 aliphatic heterocycles. The number of hydrogen-bond donors (Lipinski definition) is 5. The second-order valence-electron chi connectivity index (χ2n) is 8.69. The standard InChI is InChI=1S/C25H25F3N6O5/c1-29-23(37)14-4-2-13(3-5-14)16-7-6-15(8-31-16)24(38)32-9-18-22(36)21(35)17(12-39-18)33-20-11-30-10-19(34-20)25(26,27)28/h2-8,10-11,17-18,21-22,35-36H,9,12H2,1H3,(H,29,37)(H,32,38)(H,33,34)/t17-,18+,21+,22-/m0/s1. The number of nitrogens with zero attached hydrogens (tertiary/aromatic N) is 3. The van der Waals surface area contributed by atoms with Crippen LogP contribution in [-0.4, -0.2) is 81.5 Å². The SMILES string of the molecule is CNC(=O)c1ccc(-c2ccc(C(=O)NC[C@H]3OC[C@H](Nc4cncc(C(F)(F)F)n4)[C@@H](O)[C@H]3O)cn2)cc1. The largest absolute Gasteiger partial charge is 0.434 e. The maximum Gasteiger partial charge on any atom is 0.434 e. The summed E-state index contributed by atoms with van der Waals surface area (Å²) in [7, 11) is 1.54. The highest BCUT2D eigenvalue weighted by Gasteiger charge is 2.39. The Bertz CT molecular complexity index is 1310. The van der Waals surface area contributed by atoms with E-state index in [2.05, 4.69) is 30.9 Å². The lowest BCUT2D eigenvalue weighted by atomic mass is 9.98. The number of carbonyl (C=O) groups is 2. The van der Waals surface area contributed by atoms with E-state index >= 15 is 0 Å². The second kappa shape index (κ2) is 11.7. The molecular weight excluding hydrogens is 521 g/mol. The Labute approximate surface area is 220 Å². The Kier molecular flexibility index (Phi) is 8.38. The Balaban J connectivity index is 1.30. The lowest BCUT2D eigenvalue weighted by Crippen LogP contribution is -2.58. The first-order chi connectivity index (χ1) is 18.6. The summed E-state index contributed by atoms with van der Waals surface area (Å²) in [4.78, 5) is 35.5. The second-order valence-corrected chi connectivity index (χ2v) is 8.69. The predicted octanol–water partition coefficient (Wildman–Crippen LogP) is 1.25. The van der Waals surface area contributed by atoms with Gasteiger partial charge in [-0.15, -0.1) is 0 Å². The van der Waals surface area contributed by atoms with Crippen molar-refractivity contribution in [1.29, 1.82) is 0 Å². The Morgan fingerprint density at radius 3 is 2.36 bits per heavy atom. The molecule has 39 heavy (non-hydrogen) atoms. The maximum absolute atomic E-state index is 12.9. The van der Waals surface area contributed by atoms with E-state index in [1.165, 1.54) is 6.20 Å². The van der Waals surface area contributed by atoms with Crippen molar-refractivity contribution < 1.29 is 37.7 Å². The summed E-state index contributed by atoms with van der Waals surface area (Å²) in [5.41, 5.74) is 0.881. The molecule has 0 spiro atoms. The molecule has 1 saturated heterocycles. The molecule has 3 aromatic rings. The maximum atomic E-state index is 12.9. The number of aliphatic hydroxyl groups excluding tert-OH is 2. The Hall–Kier alpha value is -4.14. The molecule has 0 unspecified atom stereocenters. The molecule has 11 nitrogen and oxygen atoms in total. The number of hydrogen-bond acceptors (Lipinski definition) is 9. The summed E-state index contributed by atoms with van der Waals surface area (Å²) in [5.74, 6) is -0.943.